The molecule has 0 amide bonds. The van der Waals surface area contributed by atoms with Crippen molar-refractivity contribution in [1.82, 2.24) is 0 Å². The van der Waals surface area contributed by atoms with Crippen LogP contribution in [0.5, 0.6) is 0 Å². The summed E-state index contributed by atoms with van der Waals surface area (Å²) in [5.74, 6) is 2.01. The highest BCUT2D eigenvalue weighted by Crippen LogP contribution is 2.32. The normalized spacial score (nSPS) is 18.1. The summed E-state index contributed by atoms with van der Waals surface area (Å²) in [6, 6.07) is 8.46. The Bertz CT molecular complexity index is 342. The van der Waals surface area contributed by atoms with E-state index >= 15 is 0 Å². The highest BCUT2D eigenvalue weighted by molar-refractivity contribution is 7.98. The maximum Gasteiger partial charge on any atom is 0.0575 e. The summed E-state index contributed by atoms with van der Waals surface area (Å²) in [5, 5.41) is 9.29. The first-order valence-electron chi connectivity index (χ1n) is 5.57. The fourth-order valence-electron chi connectivity index (χ4n) is 1.76. The van der Waals surface area contributed by atoms with Gasteiger partial charge in [0.1, 0.15) is 0 Å². The molecule has 16 heavy (non-hydrogen) atoms. The monoisotopic (exact) mass is 238 g/mol. The molecule has 0 atom stereocenters. The molecule has 1 aliphatic heterocycles. The van der Waals surface area contributed by atoms with Gasteiger partial charge in [0.25, 0.3) is 0 Å². The quantitative estimate of drug-likeness (QED) is 0.853. The van der Waals surface area contributed by atoms with Gasteiger partial charge in [-0.1, -0.05) is 24.3 Å². The van der Waals surface area contributed by atoms with E-state index in [1.807, 2.05) is 11.8 Å². The number of hydrogen-bond acceptors (Lipinski definition) is 3. The molecular weight excluding hydrogens is 220 g/mol. The molecule has 2 rings (SSSR count). The molecule has 1 N–H and O–H groups in total. The summed E-state index contributed by atoms with van der Waals surface area (Å²) in [6.45, 7) is 3.81. The van der Waals surface area contributed by atoms with E-state index in [0.717, 1.165) is 11.5 Å². The zero-order valence-corrected chi connectivity index (χ0v) is 10.4. The minimum Gasteiger partial charge on any atom is -0.396 e. The molecule has 88 valence electrons. The molecule has 1 heterocycles. The zero-order valence-electron chi connectivity index (χ0n) is 9.61. The van der Waals surface area contributed by atoms with Crippen LogP contribution in [0.2, 0.25) is 0 Å². The molecule has 0 unspecified atom stereocenters. The predicted molar refractivity (Wildman–Crippen MR) is 67.7 cm³/mol. The van der Waals surface area contributed by atoms with E-state index in [9.17, 15) is 5.11 Å². The molecule has 0 bridgehead atoms. The van der Waals surface area contributed by atoms with Crippen LogP contribution in [0.25, 0.3) is 0 Å². The van der Waals surface area contributed by atoms with Crippen molar-refractivity contribution < 1.29 is 9.84 Å². The Morgan fingerprint density at radius 1 is 1.38 bits per heavy atom. The van der Waals surface area contributed by atoms with E-state index in [2.05, 4.69) is 31.2 Å². The summed E-state index contributed by atoms with van der Waals surface area (Å²) < 4.78 is 5.18. The summed E-state index contributed by atoms with van der Waals surface area (Å²) in [6.07, 6.45) is 0. The van der Waals surface area contributed by atoms with Crippen molar-refractivity contribution in [3.05, 3.63) is 35.4 Å². The molecular formula is C13H18O2S. The maximum absolute atomic E-state index is 9.29. The molecule has 0 aromatic heterocycles. The van der Waals surface area contributed by atoms with Crippen molar-refractivity contribution in [2.24, 2.45) is 5.41 Å². The first kappa shape index (κ1) is 12.0. The summed E-state index contributed by atoms with van der Waals surface area (Å²) in [7, 11) is 0. The van der Waals surface area contributed by atoms with Crippen LogP contribution in [0.3, 0.4) is 0 Å². The van der Waals surface area contributed by atoms with Crippen molar-refractivity contribution in [3.63, 3.8) is 0 Å². The lowest BCUT2D eigenvalue weighted by Crippen LogP contribution is -2.47. The van der Waals surface area contributed by atoms with Gasteiger partial charge in [-0.25, -0.2) is 0 Å². The lowest BCUT2D eigenvalue weighted by molar-refractivity contribution is -0.121. The van der Waals surface area contributed by atoms with Gasteiger partial charge in [0, 0.05) is 16.9 Å². The van der Waals surface area contributed by atoms with E-state index in [-0.39, 0.29) is 12.0 Å². The summed E-state index contributed by atoms with van der Waals surface area (Å²) >= 11 is 1.89. The number of rotatable bonds is 5. The van der Waals surface area contributed by atoms with Crippen molar-refractivity contribution in [3.8, 4) is 0 Å². The minimum atomic E-state index is 0.0351. The molecule has 1 fully saturated rings. The number of aliphatic hydroxyl groups is 1. The Labute approximate surface area is 101 Å². The van der Waals surface area contributed by atoms with Gasteiger partial charge in [0.2, 0.25) is 0 Å². The van der Waals surface area contributed by atoms with Gasteiger partial charge < -0.3 is 9.84 Å². The van der Waals surface area contributed by atoms with Crippen molar-refractivity contribution in [1.29, 1.82) is 0 Å². The van der Waals surface area contributed by atoms with E-state index < -0.39 is 0 Å². The first-order chi connectivity index (χ1) is 7.76. The molecule has 0 aliphatic carbocycles. The third-order valence-corrected chi connectivity index (χ3v) is 4.41. The van der Waals surface area contributed by atoms with Gasteiger partial charge >= 0.3 is 0 Å². The number of aliphatic hydroxyl groups excluding tert-OH is 1. The van der Waals surface area contributed by atoms with Crippen LogP contribution in [-0.2, 0) is 10.5 Å². The van der Waals surface area contributed by atoms with E-state index in [1.54, 1.807) is 0 Å². The fourth-order valence-corrected chi connectivity index (χ4v) is 3.10. The Kier molecular flexibility index (Phi) is 3.90. The van der Waals surface area contributed by atoms with Crippen LogP contribution in [0.1, 0.15) is 11.1 Å². The standard InChI is InChI=1S/C13H18O2S/c1-11-4-2-3-5-12(11)6-16-10-13(7-14)8-15-9-13/h2-5,14H,6-10H2,1H3. The average Bonchev–Trinajstić information content (AvgIpc) is 2.25. The molecule has 1 aromatic carbocycles. The number of ether oxygens (including phenoxy) is 1. The number of benzene rings is 1. The van der Waals surface area contributed by atoms with Gasteiger partial charge in [-0.2, -0.15) is 11.8 Å². The predicted octanol–water partition coefficient (Wildman–Crippen LogP) is 2.24. The lowest BCUT2D eigenvalue weighted by Gasteiger charge is -2.39. The largest absolute Gasteiger partial charge is 0.396 e. The van der Waals surface area contributed by atoms with Crippen LogP contribution in [0.4, 0.5) is 0 Å². The molecule has 1 aromatic rings. The fraction of sp³-hybridized carbons (Fsp3) is 0.538. The van der Waals surface area contributed by atoms with Gasteiger partial charge in [-0.05, 0) is 18.1 Å². The molecule has 2 nitrogen and oxygen atoms in total. The SMILES string of the molecule is Cc1ccccc1CSCC1(CO)COC1. The smallest absolute Gasteiger partial charge is 0.0575 e. The minimum absolute atomic E-state index is 0.0351. The second-order valence-corrected chi connectivity index (χ2v) is 5.56. The zero-order chi connectivity index (χ0) is 11.4. The van der Waals surface area contributed by atoms with Crippen LogP contribution in [-0.4, -0.2) is 30.7 Å². The van der Waals surface area contributed by atoms with Gasteiger partial charge in [0.05, 0.1) is 19.8 Å². The Morgan fingerprint density at radius 3 is 2.69 bits per heavy atom. The molecule has 0 spiro atoms. The average molecular weight is 238 g/mol. The molecule has 1 aliphatic rings. The van der Waals surface area contributed by atoms with Gasteiger partial charge in [0.15, 0.2) is 0 Å². The third-order valence-electron chi connectivity index (χ3n) is 3.08. The Hall–Kier alpha value is -0.510. The van der Waals surface area contributed by atoms with Crippen LogP contribution < -0.4 is 0 Å². The Morgan fingerprint density at radius 2 is 2.12 bits per heavy atom. The summed E-state index contributed by atoms with van der Waals surface area (Å²) in [4.78, 5) is 0. The highest BCUT2D eigenvalue weighted by Gasteiger charge is 2.37. The van der Waals surface area contributed by atoms with Crippen LogP contribution in [0.15, 0.2) is 24.3 Å². The highest BCUT2D eigenvalue weighted by atomic mass is 32.2. The maximum atomic E-state index is 9.29. The number of thioether (sulfide) groups is 1. The van der Waals surface area contributed by atoms with Crippen molar-refractivity contribution in [2.45, 2.75) is 12.7 Å². The molecule has 0 saturated carbocycles. The van der Waals surface area contributed by atoms with Crippen molar-refractivity contribution >= 4 is 11.8 Å². The van der Waals surface area contributed by atoms with E-state index in [1.165, 1.54) is 11.1 Å². The van der Waals surface area contributed by atoms with E-state index in [0.29, 0.717) is 13.2 Å². The number of aryl methyl sites for hydroxylation is 1. The lowest BCUT2D eigenvalue weighted by atomic mass is 9.90. The van der Waals surface area contributed by atoms with Crippen LogP contribution >= 0.6 is 11.8 Å². The second-order valence-electron chi connectivity index (χ2n) is 4.57. The second kappa shape index (κ2) is 5.21. The summed E-state index contributed by atoms with van der Waals surface area (Å²) in [5.41, 5.74) is 2.77. The van der Waals surface area contributed by atoms with Gasteiger partial charge in [-0.15, -0.1) is 0 Å². The van der Waals surface area contributed by atoms with Crippen LogP contribution in [0, 0.1) is 12.3 Å². The molecule has 0 radical (unpaired) electrons. The molecule has 3 heteroatoms. The topological polar surface area (TPSA) is 29.5 Å². The van der Waals surface area contributed by atoms with E-state index in [4.69, 9.17) is 4.74 Å². The first-order valence-corrected chi connectivity index (χ1v) is 6.72. The van der Waals surface area contributed by atoms with Crippen molar-refractivity contribution in [2.75, 3.05) is 25.6 Å². The Balaban J connectivity index is 1.82. The number of hydrogen-bond donors (Lipinski definition) is 1. The third kappa shape index (κ3) is 2.59. The van der Waals surface area contributed by atoms with Gasteiger partial charge in [-0.3, -0.25) is 0 Å². The molecule has 1 saturated heterocycles.